The predicted octanol–water partition coefficient (Wildman–Crippen LogP) is 3.23. The molecule has 0 heterocycles. The molecule has 0 aliphatic heterocycles. The van der Waals surface area contributed by atoms with Crippen molar-refractivity contribution in [1.29, 1.82) is 0 Å². The third-order valence-electron chi connectivity index (χ3n) is 4.93. The van der Waals surface area contributed by atoms with Gasteiger partial charge in [0.2, 0.25) is 0 Å². The Hall–Kier alpha value is -2.60. The van der Waals surface area contributed by atoms with Crippen LogP contribution in [-0.4, -0.2) is 14.9 Å². The van der Waals surface area contributed by atoms with Gasteiger partial charge in [-0.05, 0) is 22.8 Å². The van der Waals surface area contributed by atoms with Crippen LogP contribution in [0.3, 0.4) is 0 Å². The summed E-state index contributed by atoms with van der Waals surface area (Å²) in [4.78, 5) is 0. The van der Waals surface area contributed by atoms with Crippen molar-refractivity contribution in [3.8, 4) is 0 Å². The highest BCUT2D eigenvalue weighted by molar-refractivity contribution is 7.96. The SMILES string of the molecule is C([SiH2]c1ccccc1)=P(c1ccccc1)(c1ccccc1)c1ccccc1. The van der Waals surface area contributed by atoms with E-state index in [0.29, 0.717) is 0 Å². The maximum atomic E-state index is 2.71. The van der Waals surface area contributed by atoms with Crippen LogP contribution in [0, 0.1) is 0 Å². The summed E-state index contributed by atoms with van der Waals surface area (Å²) >= 11 is 0. The maximum Gasteiger partial charge on any atom is 0.0797 e. The number of benzene rings is 4. The fourth-order valence-corrected chi connectivity index (χ4v) is 11.4. The first-order chi connectivity index (χ1) is 13.4. The number of hydrogen-bond donors (Lipinski definition) is 0. The van der Waals surface area contributed by atoms with Gasteiger partial charge in [-0.1, -0.05) is 132 Å². The maximum absolute atomic E-state index is 2.71. The van der Waals surface area contributed by atoms with Crippen LogP contribution in [0.5, 0.6) is 0 Å². The summed E-state index contributed by atoms with van der Waals surface area (Å²) in [6.45, 7) is -1.78. The van der Waals surface area contributed by atoms with Crippen LogP contribution in [0.1, 0.15) is 0 Å². The van der Waals surface area contributed by atoms with Gasteiger partial charge in [0.1, 0.15) is 0 Å². The molecule has 0 unspecified atom stereocenters. The van der Waals surface area contributed by atoms with E-state index < -0.39 is 16.4 Å². The Morgan fingerprint density at radius 3 is 1.15 bits per heavy atom. The first-order valence-electron chi connectivity index (χ1n) is 9.33. The van der Waals surface area contributed by atoms with E-state index >= 15 is 0 Å². The molecule has 0 radical (unpaired) electrons. The third kappa shape index (κ3) is 3.76. The van der Waals surface area contributed by atoms with Gasteiger partial charge in [-0.2, -0.15) is 0 Å². The van der Waals surface area contributed by atoms with E-state index in [2.05, 4.69) is 127 Å². The Balaban J connectivity index is 2.00. The minimum Gasteiger partial charge on any atom is -0.0861 e. The predicted molar refractivity (Wildman–Crippen MR) is 126 cm³/mol. The van der Waals surface area contributed by atoms with Gasteiger partial charge in [-0.25, -0.2) is 0 Å². The molecule has 0 N–H and O–H groups in total. The lowest BCUT2D eigenvalue weighted by atomic mass is 10.4. The van der Waals surface area contributed by atoms with Crippen molar-refractivity contribution in [2.45, 2.75) is 0 Å². The Labute approximate surface area is 164 Å². The van der Waals surface area contributed by atoms with Gasteiger partial charge in [-0.3, -0.25) is 0 Å². The monoisotopic (exact) mass is 382 g/mol. The Kier molecular flexibility index (Phi) is 5.53. The second-order valence-corrected chi connectivity index (χ2v) is 12.3. The Bertz CT molecular complexity index is 923. The molecule has 132 valence electrons. The van der Waals surface area contributed by atoms with Crippen molar-refractivity contribution in [1.82, 2.24) is 0 Å². The molecular weight excluding hydrogens is 359 g/mol. The van der Waals surface area contributed by atoms with Crippen molar-refractivity contribution in [3.63, 3.8) is 0 Å². The molecule has 0 saturated heterocycles. The molecule has 27 heavy (non-hydrogen) atoms. The van der Waals surface area contributed by atoms with Crippen LogP contribution >= 0.6 is 6.89 Å². The smallest absolute Gasteiger partial charge is 0.0797 e. The molecule has 0 nitrogen and oxygen atoms in total. The van der Waals surface area contributed by atoms with Gasteiger partial charge in [0, 0.05) is 0 Å². The summed E-state index contributed by atoms with van der Waals surface area (Å²) in [5, 5.41) is 5.80. The van der Waals surface area contributed by atoms with Gasteiger partial charge in [-0.15, -0.1) is 0 Å². The second-order valence-electron chi connectivity index (χ2n) is 6.60. The van der Waals surface area contributed by atoms with Crippen molar-refractivity contribution in [3.05, 3.63) is 121 Å². The largest absolute Gasteiger partial charge is 0.0861 e. The lowest BCUT2D eigenvalue weighted by molar-refractivity contribution is 1.73. The highest BCUT2D eigenvalue weighted by Gasteiger charge is 2.24. The van der Waals surface area contributed by atoms with Gasteiger partial charge in [0.05, 0.1) is 9.52 Å². The summed E-state index contributed by atoms with van der Waals surface area (Å²) < 4.78 is 0. The quantitative estimate of drug-likeness (QED) is 0.367. The molecule has 0 fully saturated rings. The molecule has 0 aromatic heterocycles. The molecule has 0 atom stereocenters. The summed E-state index contributed by atoms with van der Waals surface area (Å²) in [7, 11) is -0.523. The van der Waals surface area contributed by atoms with Crippen LogP contribution < -0.4 is 21.1 Å². The van der Waals surface area contributed by atoms with E-state index in [0.717, 1.165) is 0 Å². The van der Waals surface area contributed by atoms with Gasteiger partial charge in [0.15, 0.2) is 0 Å². The topological polar surface area (TPSA) is 0 Å². The van der Waals surface area contributed by atoms with Crippen LogP contribution in [0.15, 0.2) is 121 Å². The van der Waals surface area contributed by atoms with Crippen LogP contribution in [0.2, 0.25) is 0 Å². The normalized spacial score (nSPS) is 11.6. The van der Waals surface area contributed by atoms with E-state index in [4.69, 9.17) is 0 Å². The van der Waals surface area contributed by atoms with Crippen molar-refractivity contribution < 1.29 is 0 Å². The third-order valence-corrected chi connectivity index (χ3v) is 12.1. The van der Waals surface area contributed by atoms with Gasteiger partial charge in [0.25, 0.3) is 0 Å². The Morgan fingerprint density at radius 2 is 0.778 bits per heavy atom. The first kappa shape index (κ1) is 17.8. The van der Waals surface area contributed by atoms with Crippen molar-refractivity contribution in [2.75, 3.05) is 0 Å². The van der Waals surface area contributed by atoms with E-state index in [1.807, 2.05) is 0 Å². The Morgan fingerprint density at radius 1 is 0.444 bits per heavy atom. The van der Waals surface area contributed by atoms with Crippen LogP contribution in [-0.2, 0) is 0 Å². The molecule has 4 aromatic carbocycles. The molecule has 2 heteroatoms. The zero-order valence-electron chi connectivity index (χ0n) is 15.3. The summed E-state index contributed by atoms with van der Waals surface area (Å²) in [5.74, 6) is 0. The summed E-state index contributed by atoms with van der Waals surface area (Å²) in [5.41, 5.74) is 2.71. The van der Waals surface area contributed by atoms with Crippen LogP contribution in [0.4, 0.5) is 0 Å². The fourth-order valence-electron chi connectivity index (χ4n) is 3.61. The number of hydrogen-bond acceptors (Lipinski definition) is 0. The molecule has 0 bridgehead atoms. The minimum atomic E-state index is -1.78. The molecule has 4 rings (SSSR count). The van der Waals surface area contributed by atoms with E-state index in [-0.39, 0.29) is 0 Å². The van der Waals surface area contributed by atoms with E-state index in [9.17, 15) is 0 Å². The van der Waals surface area contributed by atoms with Crippen LogP contribution in [0.25, 0.3) is 0 Å². The highest BCUT2D eigenvalue weighted by Crippen LogP contribution is 2.43. The lowest BCUT2D eigenvalue weighted by Crippen LogP contribution is -2.30. The minimum absolute atomic E-state index is 0.523. The second kappa shape index (κ2) is 8.39. The zero-order valence-corrected chi connectivity index (χ0v) is 17.6. The molecule has 4 aromatic rings. The molecular formula is C25H23PSi. The van der Waals surface area contributed by atoms with E-state index in [1.165, 1.54) is 21.1 Å². The van der Waals surface area contributed by atoms with Gasteiger partial charge < -0.3 is 0 Å². The molecule has 0 amide bonds. The fraction of sp³-hybridized carbons (Fsp3) is 0. The average Bonchev–Trinajstić information content (AvgIpc) is 2.77. The lowest BCUT2D eigenvalue weighted by Gasteiger charge is -2.29. The average molecular weight is 383 g/mol. The summed E-state index contributed by atoms with van der Waals surface area (Å²) in [6.07, 6.45) is 0. The number of rotatable bonds is 5. The summed E-state index contributed by atoms with van der Waals surface area (Å²) in [6, 6.07) is 44.2. The standard InChI is InChI=1S/C25H23PSi/c1-5-13-22(14-6-1)26(23-15-7-2-8-16-23,24-17-9-3-10-18-24)21-27-25-19-11-4-12-20-25/h1-21H,27H2. The molecule has 0 saturated carbocycles. The van der Waals surface area contributed by atoms with Gasteiger partial charge >= 0.3 is 0 Å². The zero-order chi connectivity index (χ0) is 18.4. The van der Waals surface area contributed by atoms with E-state index in [1.54, 1.807) is 0 Å². The molecule has 0 spiro atoms. The van der Waals surface area contributed by atoms with Crippen molar-refractivity contribution >= 4 is 42.9 Å². The molecule has 0 aliphatic carbocycles. The first-order valence-corrected chi connectivity index (χ1v) is 12.7. The highest BCUT2D eigenvalue weighted by atomic mass is 31.2. The molecule has 0 aliphatic rings. The van der Waals surface area contributed by atoms with Crippen molar-refractivity contribution in [2.24, 2.45) is 0 Å².